The van der Waals surface area contributed by atoms with E-state index in [1.54, 1.807) is 14.2 Å². The molecule has 3 rings (SSSR count). The summed E-state index contributed by atoms with van der Waals surface area (Å²) in [6.45, 7) is 4.44. The standard InChI is InChI=1S/C23H32N2O4/c1-27-21-7-3-18(4-8-21)15-23(19-5-9-22(28-2)10-6-19)24-16-20(26)17-25-11-13-29-14-12-25/h3-10,20,23-24,26H,11-17H2,1-2H3/t20-,23-/m0/s1. The van der Waals surface area contributed by atoms with E-state index in [0.29, 0.717) is 13.1 Å². The summed E-state index contributed by atoms with van der Waals surface area (Å²) in [6, 6.07) is 16.3. The van der Waals surface area contributed by atoms with E-state index in [1.807, 2.05) is 24.3 Å². The summed E-state index contributed by atoms with van der Waals surface area (Å²) in [4.78, 5) is 2.25. The molecule has 6 nitrogen and oxygen atoms in total. The monoisotopic (exact) mass is 400 g/mol. The molecule has 1 saturated heterocycles. The molecule has 2 aromatic carbocycles. The molecule has 6 heteroatoms. The lowest BCUT2D eigenvalue weighted by molar-refractivity contribution is 0.0144. The zero-order chi connectivity index (χ0) is 20.5. The summed E-state index contributed by atoms with van der Waals surface area (Å²) in [5.74, 6) is 1.69. The second kappa shape index (κ2) is 11.2. The Bertz CT molecular complexity index is 715. The van der Waals surface area contributed by atoms with Crippen LogP contribution in [0.1, 0.15) is 17.2 Å². The molecule has 0 aromatic heterocycles. The lowest BCUT2D eigenvalue weighted by atomic mass is 9.98. The van der Waals surface area contributed by atoms with E-state index < -0.39 is 6.10 Å². The Morgan fingerprint density at radius 1 is 0.966 bits per heavy atom. The van der Waals surface area contributed by atoms with Crippen molar-refractivity contribution in [2.75, 3.05) is 53.6 Å². The Morgan fingerprint density at radius 2 is 1.55 bits per heavy atom. The van der Waals surface area contributed by atoms with Crippen molar-refractivity contribution in [2.24, 2.45) is 0 Å². The fourth-order valence-corrected chi connectivity index (χ4v) is 3.57. The molecule has 2 N–H and O–H groups in total. The van der Waals surface area contributed by atoms with Gasteiger partial charge in [-0.25, -0.2) is 0 Å². The van der Waals surface area contributed by atoms with Gasteiger partial charge in [0.1, 0.15) is 11.5 Å². The zero-order valence-electron chi connectivity index (χ0n) is 17.3. The highest BCUT2D eigenvalue weighted by atomic mass is 16.5. The number of ether oxygens (including phenoxy) is 3. The van der Waals surface area contributed by atoms with Crippen molar-refractivity contribution < 1.29 is 19.3 Å². The maximum Gasteiger partial charge on any atom is 0.118 e. The predicted octanol–water partition coefficient (Wildman–Crippen LogP) is 2.27. The van der Waals surface area contributed by atoms with E-state index in [2.05, 4.69) is 34.5 Å². The first-order chi connectivity index (χ1) is 14.2. The van der Waals surface area contributed by atoms with Crippen molar-refractivity contribution in [3.63, 3.8) is 0 Å². The van der Waals surface area contributed by atoms with Crippen LogP contribution in [-0.2, 0) is 11.2 Å². The summed E-state index contributed by atoms with van der Waals surface area (Å²) >= 11 is 0. The minimum Gasteiger partial charge on any atom is -0.497 e. The SMILES string of the molecule is COc1ccc(C[C@H](NC[C@H](O)CN2CCOCC2)c2ccc(OC)cc2)cc1. The van der Waals surface area contributed by atoms with Crippen molar-refractivity contribution in [3.8, 4) is 11.5 Å². The smallest absolute Gasteiger partial charge is 0.118 e. The van der Waals surface area contributed by atoms with E-state index in [1.165, 1.54) is 11.1 Å². The molecule has 2 aromatic rings. The Hall–Kier alpha value is -2.12. The van der Waals surface area contributed by atoms with Crippen molar-refractivity contribution in [1.29, 1.82) is 0 Å². The third kappa shape index (κ3) is 6.72. The van der Waals surface area contributed by atoms with Gasteiger partial charge < -0.3 is 24.6 Å². The molecule has 0 bridgehead atoms. The highest BCUT2D eigenvalue weighted by molar-refractivity contribution is 5.32. The molecule has 0 radical (unpaired) electrons. The number of aliphatic hydroxyl groups excluding tert-OH is 1. The van der Waals surface area contributed by atoms with Crippen LogP contribution in [0.4, 0.5) is 0 Å². The molecule has 0 amide bonds. The molecule has 0 aliphatic carbocycles. The Morgan fingerprint density at radius 3 is 2.14 bits per heavy atom. The topological polar surface area (TPSA) is 63.2 Å². The first-order valence-electron chi connectivity index (χ1n) is 10.2. The number of hydrogen-bond acceptors (Lipinski definition) is 6. The van der Waals surface area contributed by atoms with Crippen molar-refractivity contribution in [1.82, 2.24) is 10.2 Å². The summed E-state index contributed by atoms with van der Waals surface area (Å²) in [7, 11) is 3.34. The molecule has 1 aliphatic heterocycles. The molecule has 0 spiro atoms. The van der Waals surface area contributed by atoms with Gasteiger partial charge in [-0.3, -0.25) is 4.90 Å². The minimum atomic E-state index is -0.426. The molecule has 0 saturated carbocycles. The number of nitrogens with zero attached hydrogens (tertiary/aromatic N) is 1. The average molecular weight is 401 g/mol. The maximum atomic E-state index is 10.5. The van der Waals surface area contributed by atoms with E-state index in [4.69, 9.17) is 14.2 Å². The van der Waals surface area contributed by atoms with E-state index in [9.17, 15) is 5.11 Å². The van der Waals surface area contributed by atoms with E-state index in [0.717, 1.165) is 44.2 Å². The van der Waals surface area contributed by atoms with Crippen LogP contribution in [-0.4, -0.2) is 69.7 Å². The largest absolute Gasteiger partial charge is 0.497 e. The summed E-state index contributed by atoms with van der Waals surface area (Å²) in [5.41, 5.74) is 2.38. The number of methoxy groups -OCH3 is 2. The van der Waals surface area contributed by atoms with Crippen molar-refractivity contribution in [3.05, 3.63) is 59.7 Å². The van der Waals surface area contributed by atoms with Gasteiger partial charge in [-0.2, -0.15) is 0 Å². The first-order valence-corrected chi connectivity index (χ1v) is 10.2. The zero-order valence-corrected chi connectivity index (χ0v) is 17.3. The van der Waals surface area contributed by atoms with Gasteiger partial charge in [0.2, 0.25) is 0 Å². The molecule has 158 valence electrons. The number of rotatable bonds is 10. The average Bonchev–Trinajstić information content (AvgIpc) is 2.78. The second-order valence-corrected chi connectivity index (χ2v) is 7.35. The predicted molar refractivity (Wildman–Crippen MR) is 114 cm³/mol. The quantitative estimate of drug-likeness (QED) is 0.638. The lowest BCUT2D eigenvalue weighted by Gasteiger charge is -2.29. The first kappa shape index (κ1) is 21.6. The lowest BCUT2D eigenvalue weighted by Crippen LogP contribution is -2.44. The summed E-state index contributed by atoms with van der Waals surface area (Å²) in [5, 5.41) is 14.1. The number of nitrogens with one attached hydrogen (secondary N) is 1. The van der Waals surface area contributed by atoms with Crippen LogP contribution in [0, 0.1) is 0 Å². The Kier molecular flexibility index (Phi) is 8.31. The molecule has 1 fully saturated rings. The van der Waals surface area contributed by atoms with Crippen LogP contribution in [0.5, 0.6) is 11.5 Å². The van der Waals surface area contributed by atoms with Gasteiger partial charge in [-0.05, 0) is 41.8 Å². The normalized spacial score (nSPS) is 16.9. The van der Waals surface area contributed by atoms with E-state index >= 15 is 0 Å². The van der Waals surface area contributed by atoms with Gasteiger partial charge in [0.15, 0.2) is 0 Å². The Balaban J connectivity index is 1.63. The Labute approximate surface area is 173 Å². The number of benzene rings is 2. The summed E-state index contributed by atoms with van der Waals surface area (Å²) in [6.07, 6.45) is 0.394. The van der Waals surface area contributed by atoms with Gasteiger partial charge in [0.05, 0.1) is 33.5 Å². The van der Waals surface area contributed by atoms with Crippen molar-refractivity contribution in [2.45, 2.75) is 18.6 Å². The van der Waals surface area contributed by atoms with Gasteiger partial charge in [0.25, 0.3) is 0 Å². The van der Waals surface area contributed by atoms with Crippen LogP contribution < -0.4 is 14.8 Å². The van der Waals surface area contributed by atoms with Gasteiger partial charge >= 0.3 is 0 Å². The molecular formula is C23H32N2O4. The molecule has 2 atom stereocenters. The van der Waals surface area contributed by atoms with Crippen LogP contribution in [0.3, 0.4) is 0 Å². The fraction of sp³-hybridized carbons (Fsp3) is 0.478. The number of hydrogen-bond donors (Lipinski definition) is 2. The number of morpholine rings is 1. The van der Waals surface area contributed by atoms with Gasteiger partial charge in [0, 0.05) is 32.2 Å². The minimum absolute atomic E-state index is 0.0913. The van der Waals surface area contributed by atoms with Crippen LogP contribution >= 0.6 is 0 Å². The van der Waals surface area contributed by atoms with Crippen LogP contribution in [0.2, 0.25) is 0 Å². The van der Waals surface area contributed by atoms with E-state index in [-0.39, 0.29) is 6.04 Å². The molecule has 0 unspecified atom stereocenters. The maximum absolute atomic E-state index is 10.5. The second-order valence-electron chi connectivity index (χ2n) is 7.35. The third-order valence-electron chi connectivity index (χ3n) is 5.29. The number of aliphatic hydroxyl groups is 1. The summed E-state index contributed by atoms with van der Waals surface area (Å²) < 4.78 is 15.9. The van der Waals surface area contributed by atoms with Crippen molar-refractivity contribution >= 4 is 0 Å². The molecule has 1 heterocycles. The van der Waals surface area contributed by atoms with Crippen LogP contribution in [0.25, 0.3) is 0 Å². The molecule has 1 aliphatic rings. The molecule has 29 heavy (non-hydrogen) atoms. The molecular weight excluding hydrogens is 368 g/mol. The third-order valence-corrected chi connectivity index (χ3v) is 5.29. The van der Waals surface area contributed by atoms with Gasteiger partial charge in [-0.15, -0.1) is 0 Å². The highest BCUT2D eigenvalue weighted by Gasteiger charge is 2.18. The van der Waals surface area contributed by atoms with Gasteiger partial charge in [-0.1, -0.05) is 24.3 Å². The number of β-amino-alcohol motifs (C(OH)–C–C–N with tert-alkyl or cyclic N) is 1. The highest BCUT2D eigenvalue weighted by Crippen LogP contribution is 2.23. The van der Waals surface area contributed by atoms with Crippen LogP contribution in [0.15, 0.2) is 48.5 Å². The fourth-order valence-electron chi connectivity index (χ4n) is 3.57.